The molecule has 0 radical (unpaired) electrons. The van der Waals surface area contributed by atoms with Crippen molar-refractivity contribution in [2.45, 2.75) is 115 Å². The van der Waals surface area contributed by atoms with Gasteiger partial charge in [0.1, 0.15) is 30.5 Å². The highest BCUT2D eigenvalue weighted by Gasteiger charge is 2.50. The maximum absolute atomic E-state index is 14.7. The van der Waals surface area contributed by atoms with E-state index in [1.54, 1.807) is 6.08 Å². The molecule has 7 atom stereocenters. The van der Waals surface area contributed by atoms with Crippen molar-refractivity contribution in [2.75, 3.05) is 0 Å². The van der Waals surface area contributed by atoms with Crippen molar-refractivity contribution in [2.24, 2.45) is 0 Å². The molecule has 1 saturated heterocycles. The van der Waals surface area contributed by atoms with E-state index in [4.69, 9.17) is 28.4 Å². The third kappa shape index (κ3) is 13.1. The Morgan fingerprint density at radius 3 is 1.40 bits per heavy atom. The summed E-state index contributed by atoms with van der Waals surface area (Å²) in [5.74, 6) is -0.222. The highest BCUT2D eigenvalue weighted by molar-refractivity contribution is 5.94. The Morgan fingerprint density at radius 2 is 0.948 bits per heavy atom. The highest BCUT2D eigenvalue weighted by atomic mass is 16.6. The Bertz CT molecular complexity index is 1890. The Hall–Kier alpha value is -4.73. The summed E-state index contributed by atoms with van der Waals surface area (Å²) in [7, 11) is 0. The lowest BCUT2D eigenvalue weighted by Crippen LogP contribution is -2.61. The molecule has 1 fully saturated rings. The summed E-state index contributed by atoms with van der Waals surface area (Å²) in [5, 5.41) is 0. The van der Waals surface area contributed by atoms with Crippen molar-refractivity contribution in [1.82, 2.24) is 0 Å². The Labute approximate surface area is 344 Å². The molecule has 5 aromatic rings. The number of ether oxygens (including phenoxy) is 6. The van der Waals surface area contributed by atoms with Crippen molar-refractivity contribution in [3.05, 3.63) is 192 Å². The van der Waals surface area contributed by atoms with Gasteiger partial charge in [0.25, 0.3) is 0 Å². The summed E-state index contributed by atoms with van der Waals surface area (Å²) in [4.78, 5) is 14.7. The first-order valence-electron chi connectivity index (χ1n) is 20.8. The van der Waals surface area contributed by atoms with Gasteiger partial charge in [-0.15, -0.1) is 0 Å². The van der Waals surface area contributed by atoms with Gasteiger partial charge in [0.2, 0.25) is 0 Å². The molecule has 0 spiro atoms. The fourth-order valence-corrected chi connectivity index (χ4v) is 7.28. The predicted molar refractivity (Wildman–Crippen MR) is 228 cm³/mol. The molecule has 1 aliphatic heterocycles. The van der Waals surface area contributed by atoms with Crippen LogP contribution >= 0.6 is 0 Å². The first-order chi connectivity index (χ1) is 28.6. The van der Waals surface area contributed by atoms with E-state index in [1.165, 1.54) is 0 Å². The van der Waals surface area contributed by atoms with Gasteiger partial charge in [0.05, 0.1) is 45.2 Å². The quantitative estimate of drug-likeness (QED) is 0.0611. The molecule has 304 valence electrons. The fourth-order valence-electron chi connectivity index (χ4n) is 7.28. The van der Waals surface area contributed by atoms with Gasteiger partial charge in [0, 0.05) is 0 Å². The molecular formula is C51H58O7. The predicted octanol–water partition coefficient (Wildman–Crippen LogP) is 10.4. The van der Waals surface area contributed by atoms with Gasteiger partial charge < -0.3 is 28.4 Å². The summed E-state index contributed by atoms with van der Waals surface area (Å²) >= 11 is 0. The van der Waals surface area contributed by atoms with E-state index in [0.717, 1.165) is 47.1 Å². The van der Waals surface area contributed by atoms with E-state index in [1.807, 2.05) is 146 Å². The third-order valence-electron chi connectivity index (χ3n) is 10.3. The lowest BCUT2D eigenvalue weighted by atomic mass is 9.89. The third-order valence-corrected chi connectivity index (χ3v) is 10.3. The van der Waals surface area contributed by atoms with Crippen molar-refractivity contribution < 1.29 is 33.2 Å². The number of carbonyl (C=O) groups is 1. The van der Waals surface area contributed by atoms with Crippen LogP contribution in [0.25, 0.3) is 0 Å². The number of carbonyl (C=O) groups excluding carboxylic acids is 1. The summed E-state index contributed by atoms with van der Waals surface area (Å²) in [5.41, 5.74) is 5.16. The summed E-state index contributed by atoms with van der Waals surface area (Å²) in [6.45, 7) is 6.01. The van der Waals surface area contributed by atoms with Crippen LogP contribution in [0.4, 0.5) is 0 Å². The minimum absolute atomic E-state index is 0.222. The lowest BCUT2D eigenvalue weighted by molar-refractivity contribution is -0.259. The molecule has 1 heterocycles. The van der Waals surface area contributed by atoms with Gasteiger partial charge in [-0.2, -0.15) is 0 Å². The van der Waals surface area contributed by atoms with E-state index in [9.17, 15) is 4.79 Å². The van der Waals surface area contributed by atoms with Gasteiger partial charge in [-0.25, -0.2) is 0 Å². The Morgan fingerprint density at radius 1 is 0.534 bits per heavy atom. The van der Waals surface area contributed by atoms with Crippen LogP contribution < -0.4 is 0 Å². The zero-order valence-corrected chi connectivity index (χ0v) is 33.9. The minimum Gasteiger partial charge on any atom is -0.370 e. The van der Waals surface area contributed by atoms with Crippen LogP contribution in [-0.2, 0) is 66.3 Å². The van der Waals surface area contributed by atoms with Crippen LogP contribution in [0.3, 0.4) is 0 Å². The second-order valence-corrected chi connectivity index (χ2v) is 14.8. The standard InChI is InChI=1S/C51H58O7/c1-3-20-45(53-34-39-22-10-5-11-23-39)46(54-35-40-24-12-6-13-25-40)33-32-44(52)48-50(56-37-42-28-16-8-17-29-42)51(57-38-43-30-18-9-19-31-43)49(47(58-48)21-4-2)55-36-41-26-14-7-15-27-41/h5-19,22-33,45-51H,3-4,20-21,34-38H2,1-2H3/b33-32+/t45?,46?,47?,48-,49+,50-,51-/m1/s1. The molecular weight excluding hydrogens is 725 g/mol. The summed E-state index contributed by atoms with van der Waals surface area (Å²) in [6.07, 6.45) is 2.54. The number of benzene rings is 5. The Kier molecular flexibility index (Phi) is 17.5. The second-order valence-electron chi connectivity index (χ2n) is 14.8. The molecule has 0 saturated carbocycles. The van der Waals surface area contributed by atoms with Crippen LogP contribution in [0, 0.1) is 0 Å². The van der Waals surface area contributed by atoms with Crippen LogP contribution in [-0.4, -0.2) is 48.5 Å². The maximum atomic E-state index is 14.7. The monoisotopic (exact) mass is 782 g/mol. The second kappa shape index (κ2) is 23.6. The summed E-state index contributed by atoms with van der Waals surface area (Å²) in [6, 6.07) is 50.3. The van der Waals surface area contributed by atoms with Gasteiger partial charge in [-0.05, 0) is 52.8 Å². The molecule has 6 rings (SSSR count). The van der Waals surface area contributed by atoms with E-state index >= 15 is 0 Å². The molecule has 0 bridgehead atoms. The first-order valence-corrected chi connectivity index (χ1v) is 20.8. The molecule has 7 nitrogen and oxygen atoms in total. The van der Waals surface area contributed by atoms with Crippen LogP contribution in [0.1, 0.15) is 67.3 Å². The first kappa shape index (κ1) is 42.9. The van der Waals surface area contributed by atoms with E-state index in [-0.39, 0.29) is 18.5 Å². The summed E-state index contributed by atoms with van der Waals surface area (Å²) < 4.78 is 40.3. The van der Waals surface area contributed by atoms with Crippen molar-refractivity contribution in [1.29, 1.82) is 0 Å². The van der Waals surface area contributed by atoms with Gasteiger partial charge >= 0.3 is 0 Å². The normalized spacial score (nSPS) is 20.5. The number of rotatable bonds is 23. The van der Waals surface area contributed by atoms with Gasteiger partial charge in [-0.3, -0.25) is 4.79 Å². The lowest BCUT2D eigenvalue weighted by Gasteiger charge is -2.45. The zero-order chi connectivity index (χ0) is 40.2. The SMILES string of the molecule is CCCC(OCc1ccccc1)C(/C=C/C(=O)[C@H]1OC(CCC)[C@H](OCc2ccccc2)[C@@H](OCc2ccccc2)[C@@H]1OCc1ccccc1)OCc1ccccc1. The molecule has 0 amide bonds. The van der Waals surface area contributed by atoms with E-state index < -0.39 is 36.6 Å². The van der Waals surface area contributed by atoms with Crippen molar-refractivity contribution in [3.63, 3.8) is 0 Å². The van der Waals surface area contributed by atoms with Crippen LogP contribution in [0.2, 0.25) is 0 Å². The molecule has 1 aliphatic rings. The van der Waals surface area contributed by atoms with Crippen molar-refractivity contribution in [3.8, 4) is 0 Å². The minimum atomic E-state index is -0.960. The molecule has 58 heavy (non-hydrogen) atoms. The largest absolute Gasteiger partial charge is 0.370 e. The van der Waals surface area contributed by atoms with E-state index in [2.05, 4.69) is 26.0 Å². The smallest absolute Gasteiger partial charge is 0.186 e. The Balaban J connectivity index is 1.31. The number of ketones is 1. The highest BCUT2D eigenvalue weighted by Crippen LogP contribution is 2.33. The number of hydrogen-bond acceptors (Lipinski definition) is 7. The molecule has 5 aromatic carbocycles. The molecule has 0 N–H and O–H groups in total. The average molecular weight is 783 g/mol. The van der Waals surface area contributed by atoms with Crippen LogP contribution in [0.5, 0.6) is 0 Å². The van der Waals surface area contributed by atoms with Gasteiger partial charge in [0.15, 0.2) is 5.78 Å². The molecule has 7 heteroatoms. The van der Waals surface area contributed by atoms with Gasteiger partial charge in [-0.1, -0.05) is 178 Å². The number of hydrogen-bond donors (Lipinski definition) is 0. The molecule has 0 aromatic heterocycles. The fraction of sp³-hybridized carbons (Fsp3) is 0.353. The average Bonchev–Trinajstić information content (AvgIpc) is 3.28. The topological polar surface area (TPSA) is 72.5 Å². The van der Waals surface area contributed by atoms with E-state index in [0.29, 0.717) is 32.8 Å². The molecule has 3 unspecified atom stereocenters. The van der Waals surface area contributed by atoms with Crippen molar-refractivity contribution >= 4 is 5.78 Å². The van der Waals surface area contributed by atoms with Crippen LogP contribution in [0.15, 0.2) is 164 Å². The zero-order valence-electron chi connectivity index (χ0n) is 33.9. The molecule has 0 aliphatic carbocycles. The maximum Gasteiger partial charge on any atom is 0.186 e.